The van der Waals surface area contributed by atoms with E-state index in [-0.39, 0.29) is 22.4 Å². The number of aliphatic hydroxyl groups excluding tert-OH is 1. The number of aliphatic hydroxyl groups is 1. The number of imidazole rings is 1. The largest absolute Gasteiger partial charge is 0.480 e. The van der Waals surface area contributed by atoms with Crippen LogP contribution in [-0.4, -0.2) is 46.3 Å². The van der Waals surface area contributed by atoms with Crippen LogP contribution in [0, 0.1) is 23.6 Å². The third-order valence-electron chi connectivity index (χ3n) is 5.94. The van der Waals surface area contributed by atoms with Crippen molar-refractivity contribution in [1.82, 2.24) is 19.6 Å². The number of aromatic nitrogens is 4. The minimum absolute atomic E-state index is 0.0647. The Morgan fingerprint density at radius 3 is 2.67 bits per heavy atom. The molecule has 9 nitrogen and oxygen atoms in total. The number of benzene rings is 1. The van der Waals surface area contributed by atoms with Gasteiger partial charge in [0, 0.05) is 17.7 Å². The molecule has 0 bridgehead atoms. The van der Waals surface area contributed by atoms with Crippen LogP contribution >= 0.6 is 0 Å². The summed E-state index contributed by atoms with van der Waals surface area (Å²) in [6, 6.07) is 9.54. The van der Waals surface area contributed by atoms with Crippen molar-refractivity contribution < 1.29 is 22.7 Å². The molecule has 4 aromatic rings. The first-order chi connectivity index (χ1) is 17.3. The third-order valence-corrected chi connectivity index (χ3v) is 7.32. The van der Waals surface area contributed by atoms with Gasteiger partial charge in [-0.05, 0) is 67.6 Å². The van der Waals surface area contributed by atoms with Gasteiger partial charge in [0.25, 0.3) is 10.0 Å². The van der Waals surface area contributed by atoms with Gasteiger partial charge in [-0.3, -0.25) is 4.72 Å². The van der Waals surface area contributed by atoms with E-state index in [0.717, 1.165) is 31.4 Å². The third kappa shape index (κ3) is 4.73. The maximum absolute atomic E-state index is 13.2. The lowest BCUT2D eigenvalue weighted by atomic mass is 10.1. The molecule has 2 N–H and O–H groups in total. The summed E-state index contributed by atoms with van der Waals surface area (Å²) in [5, 5.41) is 14.7. The average molecular weight is 508 g/mol. The lowest BCUT2D eigenvalue weighted by Crippen LogP contribution is -2.14. The van der Waals surface area contributed by atoms with Crippen molar-refractivity contribution in [3.05, 3.63) is 66.4 Å². The zero-order valence-electron chi connectivity index (χ0n) is 19.2. The number of ether oxygens (including phenoxy) is 1. The monoisotopic (exact) mass is 507 g/mol. The molecule has 0 amide bonds. The van der Waals surface area contributed by atoms with E-state index in [1.807, 2.05) is 0 Å². The molecule has 1 aliphatic carbocycles. The molecule has 1 fully saturated rings. The van der Waals surface area contributed by atoms with Crippen LogP contribution in [0.1, 0.15) is 25.0 Å². The lowest BCUT2D eigenvalue weighted by Gasteiger charge is -2.12. The Morgan fingerprint density at radius 2 is 1.94 bits per heavy atom. The SMILES string of the molecule is COc1ncc(-c2ccc3ncc(C#CC4CCCC4O)n3n2)cc1NS(=O)(=O)c1ccc(F)cc1. The Labute approximate surface area is 207 Å². The standard InChI is InChI=1S/C25H22FN5O4S/c1-35-25-22(30-36(33,34)20-9-6-18(26)7-10-20)13-17(14-28-25)21-11-12-24-27-15-19(31(24)29-21)8-5-16-3-2-4-23(16)32/h6-7,9-16,23,30,32H,2-4H2,1H3. The summed E-state index contributed by atoms with van der Waals surface area (Å²) >= 11 is 0. The molecule has 0 aliphatic heterocycles. The predicted molar refractivity (Wildman–Crippen MR) is 130 cm³/mol. The maximum atomic E-state index is 13.2. The summed E-state index contributed by atoms with van der Waals surface area (Å²) in [5.41, 5.74) is 2.29. The van der Waals surface area contributed by atoms with Gasteiger partial charge in [-0.1, -0.05) is 5.92 Å². The number of pyridine rings is 1. The molecule has 2 atom stereocenters. The fourth-order valence-corrected chi connectivity index (χ4v) is 5.08. The molecule has 11 heteroatoms. The fourth-order valence-electron chi connectivity index (χ4n) is 4.03. The van der Waals surface area contributed by atoms with Crippen LogP contribution in [0.3, 0.4) is 0 Å². The minimum atomic E-state index is -4.03. The molecule has 36 heavy (non-hydrogen) atoms. The van der Waals surface area contributed by atoms with Gasteiger partial charge in [0.15, 0.2) is 5.65 Å². The molecular formula is C25H22FN5O4S. The highest BCUT2D eigenvalue weighted by Gasteiger charge is 2.23. The highest BCUT2D eigenvalue weighted by molar-refractivity contribution is 7.92. The zero-order chi connectivity index (χ0) is 25.3. The summed E-state index contributed by atoms with van der Waals surface area (Å²) in [6.07, 6.45) is 5.29. The number of methoxy groups -OCH3 is 1. The van der Waals surface area contributed by atoms with Crippen LogP contribution in [-0.2, 0) is 10.0 Å². The Hall–Kier alpha value is -4.01. The fraction of sp³-hybridized carbons (Fsp3) is 0.240. The van der Waals surface area contributed by atoms with Gasteiger partial charge in [-0.25, -0.2) is 27.3 Å². The topological polar surface area (TPSA) is 119 Å². The number of nitrogens with one attached hydrogen (secondary N) is 1. The molecule has 1 aliphatic rings. The van der Waals surface area contributed by atoms with Crippen molar-refractivity contribution in [3.8, 4) is 29.0 Å². The quantitative estimate of drug-likeness (QED) is 0.398. The van der Waals surface area contributed by atoms with E-state index in [4.69, 9.17) is 4.74 Å². The Kier molecular flexibility index (Phi) is 6.30. The van der Waals surface area contributed by atoms with Gasteiger partial charge < -0.3 is 9.84 Å². The van der Waals surface area contributed by atoms with Gasteiger partial charge in [-0.2, -0.15) is 5.10 Å². The molecule has 1 saturated carbocycles. The number of rotatable bonds is 5. The van der Waals surface area contributed by atoms with Crippen LogP contribution < -0.4 is 9.46 Å². The smallest absolute Gasteiger partial charge is 0.262 e. The van der Waals surface area contributed by atoms with Crippen LogP contribution in [0.5, 0.6) is 5.88 Å². The number of hydrogen-bond acceptors (Lipinski definition) is 7. The highest BCUT2D eigenvalue weighted by atomic mass is 32.2. The van der Waals surface area contributed by atoms with Crippen molar-refractivity contribution in [2.45, 2.75) is 30.3 Å². The highest BCUT2D eigenvalue weighted by Crippen LogP contribution is 2.30. The number of fused-ring (bicyclic) bond motifs is 1. The summed E-state index contributed by atoms with van der Waals surface area (Å²) in [5.74, 6) is 5.65. The van der Waals surface area contributed by atoms with Crippen LogP contribution in [0.4, 0.5) is 10.1 Å². The second kappa shape index (κ2) is 9.56. The second-order valence-electron chi connectivity index (χ2n) is 8.35. The first kappa shape index (κ1) is 23.7. The van der Waals surface area contributed by atoms with Gasteiger partial charge in [0.2, 0.25) is 5.88 Å². The number of halogens is 1. The van der Waals surface area contributed by atoms with E-state index in [1.165, 1.54) is 25.4 Å². The van der Waals surface area contributed by atoms with E-state index in [9.17, 15) is 17.9 Å². The van der Waals surface area contributed by atoms with Gasteiger partial charge in [-0.15, -0.1) is 0 Å². The van der Waals surface area contributed by atoms with Crippen molar-refractivity contribution in [1.29, 1.82) is 0 Å². The number of hydrogen-bond donors (Lipinski definition) is 2. The molecule has 0 spiro atoms. The summed E-state index contributed by atoms with van der Waals surface area (Å²) < 4.78 is 48.2. The van der Waals surface area contributed by atoms with Crippen molar-refractivity contribution >= 4 is 21.4 Å². The van der Waals surface area contributed by atoms with Crippen LogP contribution in [0.15, 0.2) is 59.8 Å². The molecule has 184 valence electrons. The maximum Gasteiger partial charge on any atom is 0.262 e. The molecule has 2 unspecified atom stereocenters. The summed E-state index contributed by atoms with van der Waals surface area (Å²) in [7, 11) is -2.65. The van der Waals surface area contributed by atoms with Crippen LogP contribution in [0.25, 0.3) is 16.9 Å². The van der Waals surface area contributed by atoms with Gasteiger partial charge >= 0.3 is 0 Å². The van der Waals surface area contributed by atoms with E-state index in [1.54, 1.807) is 28.9 Å². The molecule has 5 rings (SSSR count). The number of nitrogens with zero attached hydrogens (tertiary/aromatic N) is 4. The van der Waals surface area contributed by atoms with Gasteiger partial charge in [0.1, 0.15) is 17.2 Å². The number of sulfonamides is 1. The van der Waals surface area contributed by atoms with E-state index in [2.05, 4.69) is 31.6 Å². The van der Waals surface area contributed by atoms with E-state index in [0.29, 0.717) is 22.6 Å². The summed E-state index contributed by atoms with van der Waals surface area (Å²) in [6.45, 7) is 0. The normalized spacial score (nSPS) is 17.5. The van der Waals surface area contributed by atoms with Crippen molar-refractivity contribution in [2.24, 2.45) is 5.92 Å². The van der Waals surface area contributed by atoms with E-state index >= 15 is 0 Å². The Bertz CT molecular complexity index is 1590. The zero-order valence-corrected chi connectivity index (χ0v) is 20.0. The van der Waals surface area contributed by atoms with E-state index < -0.39 is 21.9 Å². The van der Waals surface area contributed by atoms with Crippen molar-refractivity contribution in [2.75, 3.05) is 11.8 Å². The molecule has 3 aromatic heterocycles. The molecule has 1 aromatic carbocycles. The Morgan fingerprint density at radius 1 is 1.14 bits per heavy atom. The van der Waals surface area contributed by atoms with Gasteiger partial charge in [0.05, 0.1) is 30.0 Å². The minimum Gasteiger partial charge on any atom is -0.480 e. The molecular weight excluding hydrogens is 485 g/mol. The first-order valence-electron chi connectivity index (χ1n) is 11.2. The molecule has 3 heterocycles. The lowest BCUT2D eigenvalue weighted by molar-refractivity contribution is 0.157. The first-order valence-corrected chi connectivity index (χ1v) is 12.7. The molecule has 0 saturated heterocycles. The number of anilines is 1. The van der Waals surface area contributed by atoms with Crippen molar-refractivity contribution in [3.63, 3.8) is 0 Å². The average Bonchev–Trinajstić information content (AvgIpc) is 3.47. The Balaban J connectivity index is 1.49. The summed E-state index contributed by atoms with van der Waals surface area (Å²) in [4.78, 5) is 8.45. The molecule has 0 radical (unpaired) electrons. The second-order valence-corrected chi connectivity index (χ2v) is 10.0. The predicted octanol–water partition coefficient (Wildman–Crippen LogP) is 3.25. The van der Waals surface area contributed by atoms with Crippen LogP contribution in [0.2, 0.25) is 0 Å².